The third-order valence-corrected chi connectivity index (χ3v) is 3.45. The number of piperidine rings is 1. The van der Waals surface area contributed by atoms with Crippen molar-refractivity contribution in [2.45, 2.75) is 32.6 Å². The summed E-state index contributed by atoms with van der Waals surface area (Å²) in [5, 5.41) is 6.39. The highest BCUT2D eigenvalue weighted by Crippen LogP contribution is 2.16. The molecule has 1 aromatic rings. The van der Waals surface area contributed by atoms with Crippen LogP contribution in [0.3, 0.4) is 0 Å². The fraction of sp³-hybridized carbons (Fsp3) is 0.615. The quantitative estimate of drug-likeness (QED) is 0.831. The van der Waals surface area contributed by atoms with Gasteiger partial charge in [0.25, 0.3) is 0 Å². The molecule has 1 atom stereocenters. The number of amides is 1. The maximum Gasteiger partial charge on any atom is 0.231 e. The monoisotopic (exact) mass is 282 g/mol. The molecule has 0 aromatic carbocycles. The Morgan fingerprint density at radius 2 is 2.42 bits per heavy atom. The molecular weight excluding hydrogens is 264 g/mol. The Morgan fingerprint density at radius 3 is 3.11 bits per heavy atom. The molecule has 5 nitrogen and oxygen atoms in total. The summed E-state index contributed by atoms with van der Waals surface area (Å²) in [6, 6.07) is 1.66. The Hall–Kier alpha value is -1.20. The van der Waals surface area contributed by atoms with Crippen LogP contribution in [0, 0.1) is 12.8 Å². The Labute approximate surface area is 118 Å². The van der Waals surface area contributed by atoms with Gasteiger partial charge in [0.1, 0.15) is 5.15 Å². The first kappa shape index (κ1) is 14.2. The van der Waals surface area contributed by atoms with Crippen molar-refractivity contribution in [2.24, 2.45) is 5.92 Å². The first-order valence-electron chi connectivity index (χ1n) is 6.65. The zero-order valence-corrected chi connectivity index (χ0v) is 11.8. The molecule has 0 radical (unpaired) electrons. The molecule has 1 fully saturated rings. The van der Waals surface area contributed by atoms with Crippen LogP contribution in [-0.2, 0) is 4.79 Å². The molecule has 104 valence electrons. The van der Waals surface area contributed by atoms with Crippen LogP contribution in [0.15, 0.2) is 6.07 Å². The van der Waals surface area contributed by atoms with Crippen LogP contribution in [-0.4, -0.2) is 29.0 Å². The predicted molar refractivity (Wildman–Crippen MR) is 75.2 cm³/mol. The van der Waals surface area contributed by atoms with E-state index in [0.29, 0.717) is 17.5 Å². The summed E-state index contributed by atoms with van der Waals surface area (Å²) in [6.07, 6.45) is 3.80. The van der Waals surface area contributed by atoms with Gasteiger partial charge in [0.15, 0.2) is 0 Å². The van der Waals surface area contributed by atoms with E-state index in [0.717, 1.165) is 25.2 Å². The van der Waals surface area contributed by atoms with Gasteiger partial charge in [-0.2, -0.15) is 0 Å². The van der Waals surface area contributed by atoms with Crippen molar-refractivity contribution in [2.75, 3.05) is 18.4 Å². The van der Waals surface area contributed by atoms with E-state index in [1.54, 1.807) is 6.07 Å². The zero-order chi connectivity index (χ0) is 13.7. The number of nitrogens with one attached hydrogen (secondary N) is 2. The molecule has 19 heavy (non-hydrogen) atoms. The average molecular weight is 283 g/mol. The first-order valence-corrected chi connectivity index (χ1v) is 7.03. The van der Waals surface area contributed by atoms with E-state index in [-0.39, 0.29) is 11.9 Å². The Bertz CT molecular complexity index is 426. The predicted octanol–water partition coefficient (Wildman–Crippen LogP) is 2.16. The molecule has 0 saturated carbocycles. The number of nitrogens with zero attached hydrogens (tertiary/aromatic N) is 2. The fourth-order valence-electron chi connectivity index (χ4n) is 2.28. The highest BCUT2D eigenvalue weighted by atomic mass is 35.5. The van der Waals surface area contributed by atoms with Gasteiger partial charge in [0.05, 0.1) is 0 Å². The number of rotatable bonds is 4. The number of halogens is 1. The highest BCUT2D eigenvalue weighted by Gasteiger charge is 2.15. The standard InChI is InChI=1S/C13H19ClN4O/c1-9-7-11(14)17-13(16-9)18-12(19)5-4-10-3-2-6-15-8-10/h7,10,15H,2-6,8H2,1H3,(H,16,17,18,19). The summed E-state index contributed by atoms with van der Waals surface area (Å²) in [5.74, 6) is 0.838. The van der Waals surface area contributed by atoms with Crippen molar-refractivity contribution >= 4 is 23.5 Å². The van der Waals surface area contributed by atoms with Gasteiger partial charge in [-0.1, -0.05) is 11.6 Å². The van der Waals surface area contributed by atoms with E-state index >= 15 is 0 Å². The average Bonchev–Trinajstić information content (AvgIpc) is 2.36. The summed E-state index contributed by atoms with van der Waals surface area (Å²) in [6.45, 7) is 3.93. The Morgan fingerprint density at radius 1 is 1.58 bits per heavy atom. The van der Waals surface area contributed by atoms with Crippen LogP contribution in [0.1, 0.15) is 31.4 Å². The molecular formula is C13H19ClN4O. The number of hydrogen-bond donors (Lipinski definition) is 2. The number of aromatic nitrogens is 2. The molecule has 0 spiro atoms. The SMILES string of the molecule is Cc1cc(Cl)nc(NC(=O)CCC2CCCNC2)n1. The molecule has 0 aliphatic carbocycles. The van der Waals surface area contributed by atoms with Gasteiger partial charge < -0.3 is 5.32 Å². The van der Waals surface area contributed by atoms with Gasteiger partial charge in [-0.15, -0.1) is 0 Å². The van der Waals surface area contributed by atoms with E-state index in [1.807, 2.05) is 6.92 Å². The lowest BCUT2D eigenvalue weighted by Gasteiger charge is -2.22. The van der Waals surface area contributed by atoms with Crippen LogP contribution < -0.4 is 10.6 Å². The van der Waals surface area contributed by atoms with Gasteiger partial charge in [-0.05, 0) is 51.3 Å². The Kier molecular flexibility index (Phi) is 5.10. The molecule has 1 amide bonds. The molecule has 1 aromatic heterocycles. The molecule has 2 N–H and O–H groups in total. The third kappa shape index (κ3) is 4.76. The zero-order valence-electron chi connectivity index (χ0n) is 11.1. The van der Waals surface area contributed by atoms with Gasteiger partial charge in [0, 0.05) is 12.1 Å². The Balaban J connectivity index is 1.80. The fourth-order valence-corrected chi connectivity index (χ4v) is 2.52. The molecule has 2 heterocycles. The molecule has 6 heteroatoms. The van der Waals surface area contributed by atoms with Crippen molar-refractivity contribution in [1.82, 2.24) is 15.3 Å². The van der Waals surface area contributed by atoms with Crippen LogP contribution in [0.5, 0.6) is 0 Å². The summed E-state index contributed by atoms with van der Waals surface area (Å²) in [5.41, 5.74) is 0.742. The second-order valence-electron chi connectivity index (χ2n) is 4.95. The number of anilines is 1. The highest BCUT2D eigenvalue weighted by molar-refractivity contribution is 6.29. The van der Waals surface area contributed by atoms with Crippen LogP contribution in [0.4, 0.5) is 5.95 Å². The lowest BCUT2D eigenvalue weighted by atomic mass is 9.94. The smallest absolute Gasteiger partial charge is 0.231 e. The van der Waals surface area contributed by atoms with Crippen molar-refractivity contribution in [3.63, 3.8) is 0 Å². The number of carbonyl (C=O) groups excluding carboxylic acids is 1. The summed E-state index contributed by atoms with van der Waals surface area (Å²) in [7, 11) is 0. The summed E-state index contributed by atoms with van der Waals surface area (Å²) in [4.78, 5) is 19.9. The first-order chi connectivity index (χ1) is 9.13. The van der Waals surface area contributed by atoms with E-state index < -0.39 is 0 Å². The lowest BCUT2D eigenvalue weighted by Crippen LogP contribution is -2.30. The molecule has 2 rings (SSSR count). The van der Waals surface area contributed by atoms with Crippen molar-refractivity contribution < 1.29 is 4.79 Å². The van der Waals surface area contributed by atoms with Crippen LogP contribution >= 0.6 is 11.6 Å². The summed E-state index contributed by atoms with van der Waals surface area (Å²) >= 11 is 5.82. The minimum absolute atomic E-state index is 0.0489. The van der Waals surface area contributed by atoms with E-state index in [4.69, 9.17) is 11.6 Å². The molecule has 1 aliphatic rings. The summed E-state index contributed by atoms with van der Waals surface area (Å²) < 4.78 is 0. The molecule has 1 unspecified atom stereocenters. The maximum absolute atomic E-state index is 11.8. The lowest BCUT2D eigenvalue weighted by molar-refractivity contribution is -0.116. The molecule has 1 aliphatic heterocycles. The third-order valence-electron chi connectivity index (χ3n) is 3.25. The minimum atomic E-state index is -0.0489. The topological polar surface area (TPSA) is 66.9 Å². The van der Waals surface area contributed by atoms with E-state index in [2.05, 4.69) is 20.6 Å². The number of hydrogen-bond acceptors (Lipinski definition) is 4. The number of aryl methyl sites for hydroxylation is 1. The van der Waals surface area contributed by atoms with E-state index in [1.165, 1.54) is 12.8 Å². The number of carbonyl (C=O) groups is 1. The van der Waals surface area contributed by atoms with Crippen LogP contribution in [0.2, 0.25) is 5.15 Å². The van der Waals surface area contributed by atoms with E-state index in [9.17, 15) is 4.79 Å². The van der Waals surface area contributed by atoms with Gasteiger partial charge in [0.2, 0.25) is 11.9 Å². The van der Waals surface area contributed by atoms with Gasteiger partial charge >= 0.3 is 0 Å². The van der Waals surface area contributed by atoms with Crippen LogP contribution in [0.25, 0.3) is 0 Å². The van der Waals surface area contributed by atoms with Crippen molar-refractivity contribution in [1.29, 1.82) is 0 Å². The van der Waals surface area contributed by atoms with Crippen molar-refractivity contribution in [3.8, 4) is 0 Å². The molecule has 1 saturated heterocycles. The van der Waals surface area contributed by atoms with Gasteiger partial charge in [-0.3, -0.25) is 10.1 Å². The van der Waals surface area contributed by atoms with Gasteiger partial charge in [-0.25, -0.2) is 9.97 Å². The second-order valence-corrected chi connectivity index (χ2v) is 5.34. The normalized spacial score (nSPS) is 19.2. The molecule has 0 bridgehead atoms. The minimum Gasteiger partial charge on any atom is -0.316 e. The largest absolute Gasteiger partial charge is 0.316 e. The van der Waals surface area contributed by atoms with Crippen molar-refractivity contribution in [3.05, 3.63) is 16.9 Å². The maximum atomic E-state index is 11.8. The second kappa shape index (κ2) is 6.82.